The van der Waals surface area contributed by atoms with Gasteiger partial charge in [-0.05, 0) is 74.3 Å². The fourth-order valence-electron chi connectivity index (χ4n) is 3.87. The zero-order valence-corrected chi connectivity index (χ0v) is 18.7. The molecule has 0 bridgehead atoms. The number of amides is 1. The number of piperidine rings is 1. The zero-order chi connectivity index (χ0) is 17.5. The van der Waals surface area contributed by atoms with E-state index >= 15 is 0 Å². The van der Waals surface area contributed by atoms with Gasteiger partial charge in [-0.2, -0.15) is 11.3 Å². The number of thiophene rings is 1. The van der Waals surface area contributed by atoms with Gasteiger partial charge in [-0.25, -0.2) is 0 Å². The van der Waals surface area contributed by atoms with Crippen LogP contribution in [0.2, 0.25) is 0 Å². The smallest absolute Gasteiger partial charge is 0.236 e. The zero-order valence-electron chi connectivity index (χ0n) is 16.3. The maximum Gasteiger partial charge on any atom is 0.236 e. The third kappa shape index (κ3) is 7.87. The SMILES string of the molecule is CNCCC1CCN(CC(=O)N2CCN(Cc3ccsc3)CC2)CC1.Cl.Cl. The molecule has 0 radical (unpaired) electrons. The lowest BCUT2D eigenvalue weighted by molar-refractivity contribution is -0.134. The molecule has 3 heterocycles. The number of hydrogen-bond acceptors (Lipinski definition) is 5. The molecule has 27 heavy (non-hydrogen) atoms. The molecule has 1 aromatic rings. The average molecular weight is 437 g/mol. The largest absolute Gasteiger partial charge is 0.339 e. The molecule has 0 atom stereocenters. The number of rotatable bonds is 7. The third-order valence-electron chi connectivity index (χ3n) is 5.58. The van der Waals surface area contributed by atoms with Crippen LogP contribution in [0, 0.1) is 5.92 Å². The van der Waals surface area contributed by atoms with Crippen molar-refractivity contribution < 1.29 is 4.79 Å². The van der Waals surface area contributed by atoms with Crippen molar-refractivity contribution >= 4 is 42.1 Å². The predicted octanol–water partition coefficient (Wildman–Crippen LogP) is 2.56. The predicted molar refractivity (Wildman–Crippen MR) is 118 cm³/mol. The first kappa shape index (κ1) is 24.7. The van der Waals surface area contributed by atoms with Crippen LogP contribution in [0.5, 0.6) is 0 Å². The van der Waals surface area contributed by atoms with Crippen molar-refractivity contribution in [1.29, 1.82) is 0 Å². The highest BCUT2D eigenvalue weighted by Gasteiger charge is 2.25. The van der Waals surface area contributed by atoms with Gasteiger partial charge in [0, 0.05) is 32.7 Å². The second kappa shape index (κ2) is 13.0. The monoisotopic (exact) mass is 436 g/mol. The third-order valence-corrected chi connectivity index (χ3v) is 6.31. The van der Waals surface area contributed by atoms with Gasteiger partial charge in [0.05, 0.1) is 6.54 Å². The number of nitrogens with zero attached hydrogens (tertiary/aromatic N) is 3. The van der Waals surface area contributed by atoms with E-state index in [2.05, 4.69) is 36.8 Å². The minimum Gasteiger partial charge on any atom is -0.339 e. The fourth-order valence-corrected chi connectivity index (χ4v) is 4.53. The van der Waals surface area contributed by atoms with E-state index in [-0.39, 0.29) is 24.8 Å². The quantitative estimate of drug-likeness (QED) is 0.712. The minimum atomic E-state index is 0. The Labute approximate surface area is 180 Å². The molecule has 8 heteroatoms. The summed E-state index contributed by atoms with van der Waals surface area (Å²) >= 11 is 1.76. The van der Waals surface area contributed by atoms with Gasteiger partial charge in [-0.3, -0.25) is 14.6 Å². The average Bonchev–Trinajstić information content (AvgIpc) is 3.15. The normalized spacial score (nSPS) is 19.4. The van der Waals surface area contributed by atoms with Gasteiger partial charge < -0.3 is 10.2 Å². The Kier molecular flexibility index (Phi) is 11.8. The molecular weight excluding hydrogens is 403 g/mol. The van der Waals surface area contributed by atoms with Crippen LogP contribution in [0.15, 0.2) is 16.8 Å². The summed E-state index contributed by atoms with van der Waals surface area (Å²) in [5.74, 6) is 1.16. The van der Waals surface area contributed by atoms with Crippen molar-refractivity contribution in [3.8, 4) is 0 Å². The Morgan fingerprint density at radius 3 is 2.41 bits per heavy atom. The fraction of sp³-hybridized carbons (Fsp3) is 0.737. The van der Waals surface area contributed by atoms with Crippen molar-refractivity contribution in [3.05, 3.63) is 22.4 Å². The molecule has 0 spiro atoms. The van der Waals surface area contributed by atoms with E-state index in [4.69, 9.17) is 0 Å². The molecule has 0 aliphatic carbocycles. The lowest BCUT2D eigenvalue weighted by Crippen LogP contribution is -2.51. The highest BCUT2D eigenvalue weighted by Crippen LogP contribution is 2.20. The van der Waals surface area contributed by atoms with Crippen molar-refractivity contribution in [2.75, 3.05) is 59.4 Å². The molecule has 3 rings (SSSR count). The van der Waals surface area contributed by atoms with Gasteiger partial charge in [0.2, 0.25) is 5.91 Å². The molecule has 5 nitrogen and oxygen atoms in total. The molecule has 1 aromatic heterocycles. The number of nitrogens with one attached hydrogen (secondary N) is 1. The first-order chi connectivity index (χ1) is 12.2. The van der Waals surface area contributed by atoms with Crippen LogP contribution in [0.1, 0.15) is 24.8 Å². The number of piperazine rings is 1. The first-order valence-electron chi connectivity index (χ1n) is 9.63. The van der Waals surface area contributed by atoms with E-state index < -0.39 is 0 Å². The topological polar surface area (TPSA) is 38.8 Å². The summed E-state index contributed by atoms with van der Waals surface area (Å²) in [6.45, 7) is 8.65. The van der Waals surface area contributed by atoms with E-state index in [0.717, 1.165) is 58.3 Å². The Balaban J connectivity index is 0.00000182. The van der Waals surface area contributed by atoms with E-state index in [0.29, 0.717) is 12.5 Å². The van der Waals surface area contributed by atoms with Crippen LogP contribution in [0.25, 0.3) is 0 Å². The molecule has 1 N–H and O–H groups in total. The van der Waals surface area contributed by atoms with Crippen LogP contribution in [0.4, 0.5) is 0 Å². The van der Waals surface area contributed by atoms with Gasteiger partial charge >= 0.3 is 0 Å². The number of carbonyl (C=O) groups is 1. The standard InChI is InChI=1S/C19H32N4OS.2ClH/c1-20-6-2-17-3-7-21(8-4-17)15-19(24)23-11-9-22(10-12-23)14-18-5-13-25-16-18;;/h5,13,16-17,20H,2-4,6-12,14-15H2,1H3;2*1H. The summed E-state index contributed by atoms with van der Waals surface area (Å²) in [5, 5.41) is 7.60. The molecule has 0 unspecified atom stereocenters. The van der Waals surface area contributed by atoms with Crippen molar-refractivity contribution in [2.45, 2.75) is 25.8 Å². The lowest BCUT2D eigenvalue weighted by atomic mass is 9.93. The van der Waals surface area contributed by atoms with Gasteiger partial charge in [0.15, 0.2) is 0 Å². The summed E-state index contributed by atoms with van der Waals surface area (Å²) in [5.41, 5.74) is 1.39. The molecule has 0 aromatic carbocycles. The van der Waals surface area contributed by atoms with Crippen LogP contribution < -0.4 is 5.32 Å². The Morgan fingerprint density at radius 1 is 1.11 bits per heavy atom. The molecule has 2 saturated heterocycles. The second-order valence-electron chi connectivity index (χ2n) is 7.40. The summed E-state index contributed by atoms with van der Waals surface area (Å²) in [4.78, 5) is 19.5. The molecule has 2 fully saturated rings. The molecule has 156 valence electrons. The lowest BCUT2D eigenvalue weighted by Gasteiger charge is -2.37. The Morgan fingerprint density at radius 2 is 1.81 bits per heavy atom. The maximum atomic E-state index is 12.6. The first-order valence-corrected chi connectivity index (χ1v) is 10.6. The van der Waals surface area contributed by atoms with E-state index in [1.165, 1.54) is 24.8 Å². The van der Waals surface area contributed by atoms with E-state index in [1.54, 1.807) is 11.3 Å². The van der Waals surface area contributed by atoms with Crippen LogP contribution in [-0.4, -0.2) is 80.0 Å². The highest BCUT2D eigenvalue weighted by atomic mass is 35.5. The number of hydrogen-bond donors (Lipinski definition) is 1. The number of carbonyl (C=O) groups excluding carboxylic acids is 1. The number of halogens is 2. The van der Waals surface area contributed by atoms with Crippen molar-refractivity contribution in [2.24, 2.45) is 5.92 Å². The second-order valence-corrected chi connectivity index (χ2v) is 8.18. The number of likely N-dealkylation sites (tertiary alicyclic amines) is 1. The van der Waals surface area contributed by atoms with Crippen molar-refractivity contribution in [1.82, 2.24) is 20.0 Å². The van der Waals surface area contributed by atoms with Gasteiger partial charge in [0.25, 0.3) is 0 Å². The molecular formula is C19H34Cl2N4OS. The van der Waals surface area contributed by atoms with Crippen LogP contribution >= 0.6 is 36.2 Å². The van der Waals surface area contributed by atoms with E-state index in [9.17, 15) is 4.79 Å². The summed E-state index contributed by atoms with van der Waals surface area (Å²) in [6, 6.07) is 2.20. The van der Waals surface area contributed by atoms with Gasteiger partial charge in [-0.1, -0.05) is 0 Å². The van der Waals surface area contributed by atoms with E-state index in [1.807, 2.05) is 7.05 Å². The molecule has 2 aliphatic heterocycles. The summed E-state index contributed by atoms with van der Waals surface area (Å²) < 4.78 is 0. The molecule has 1 amide bonds. The maximum absolute atomic E-state index is 12.6. The van der Waals surface area contributed by atoms with Crippen LogP contribution in [0.3, 0.4) is 0 Å². The summed E-state index contributed by atoms with van der Waals surface area (Å²) in [6.07, 6.45) is 3.75. The van der Waals surface area contributed by atoms with Crippen molar-refractivity contribution in [3.63, 3.8) is 0 Å². The summed E-state index contributed by atoms with van der Waals surface area (Å²) in [7, 11) is 2.02. The highest BCUT2D eigenvalue weighted by molar-refractivity contribution is 7.07. The Hall–Kier alpha value is -0.370. The van der Waals surface area contributed by atoms with Gasteiger partial charge in [0.1, 0.15) is 0 Å². The van der Waals surface area contributed by atoms with Gasteiger partial charge in [-0.15, -0.1) is 24.8 Å². The molecule has 0 saturated carbocycles. The van der Waals surface area contributed by atoms with Crippen LogP contribution in [-0.2, 0) is 11.3 Å². The minimum absolute atomic E-state index is 0. The molecule has 2 aliphatic rings. The Bertz CT molecular complexity index is 516.